The molecule has 0 saturated carbocycles. The number of amides is 1. The van der Waals surface area contributed by atoms with E-state index < -0.39 is 11.9 Å². The van der Waals surface area contributed by atoms with Crippen LogP contribution in [0.25, 0.3) is 11.8 Å². The van der Waals surface area contributed by atoms with Gasteiger partial charge in [0.25, 0.3) is 0 Å². The van der Waals surface area contributed by atoms with Gasteiger partial charge >= 0.3 is 6.18 Å². The Balaban J connectivity index is 1.70. The van der Waals surface area contributed by atoms with Crippen LogP contribution in [0.1, 0.15) is 11.4 Å². The first-order chi connectivity index (χ1) is 12.4. The predicted molar refractivity (Wildman–Crippen MR) is 90.5 cm³/mol. The number of benzene rings is 1. The van der Waals surface area contributed by atoms with Crippen molar-refractivity contribution in [3.05, 3.63) is 78.4 Å². The van der Waals surface area contributed by atoms with E-state index in [1.54, 1.807) is 30.5 Å². The molecule has 132 valence electrons. The maximum Gasteiger partial charge on any atom is 0.433 e. The Morgan fingerprint density at radius 1 is 1.04 bits per heavy atom. The summed E-state index contributed by atoms with van der Waals surface area (Å²) >= 11 is 0. The predicted octanol–water partition coefficient (Wildman–Crippen LogP) is 3.94. The van der Waals surface area contributed by atoms with Gasteiger partial charge in [-0.1, -0.05) is 6.07 Å². The fraction of sp³-hybridized carbons (Fsp3) is 0.0556. The zero-order valence-corrected chi connectivity index (χ0v) is 13.3. The first-order valence-electron chi connectivity index (χ1n) is 7.55. The minimum atomic E-state index is -4.50. The number of rotatable bonds is 4. The van der Waals surface area contributed by atoms with E-state index >= 15 is 0 Å². The topological polar surface area (TPSA) is 59.8 Å². The molecule has 2 aromatic heterocycles. The monoisotopic (exact) mass is 358 g/mol. The zero-order chi connectivity index (χ0) is 18.6. The molecule has 3 rings (SSSR count). The lowest BCUT2D eigenvalue weighted by molar-refractivity contribution is -0.142. The molecule has 0 atom stereocenters. The van der Waals surface area contributed by atoms with Crippen LogP contribution in [0, 0.1) is 0 Å². The summed E-state index contributed by atoms with van der Waals surface area (Å²) < 4.78 is 39.5. The summed E-state index contributed by atoms with van der Waals surface area (Å²) in [5, 5.41) is 6.32. The van der Waals surface area contributed by atoms with Gasteiger partial charge in [-0.05, 0) is 48.5 Å². The lowest BCUT2D eigenvalue weighted by Gasteiger charge is -2.11. The van der Waals surface area contributed by atoms with E-state index in [4.69, 9.17) is 0 Å². The molecule has 0 spiro atoms. The Hall–Kier alpha value is -3.42. The number of halogens is 3. The normalized spacial score (nSPS) is 11.7. The van der Waals surface area contributed by atoms with Crippen molar-refractivity contribution in [2.75, 3.05) is 5.32 Å². The second-order valence-corrected chi connectivity index (χ2v) is 5.25. The molecule has 0 radical (unpaired) electrons. The average molecular weight is 358 g/mol. The van der Waals surface area contributed by atoms with Gasteiger partial charge < -0.3 is 5.32 Å². The number of hydrogen-bond donors (Lipinski definition) is 1. The van der Waals surface area contributed by atoms with Crippen LogP contribution in [-0.2, 0) is 11.0 Å². The van der Waals surface area contributed by atoms with Crippen molar-refractivity contribution < 1.29 is 18.0 Å². The van der Waals surface area contributed by atoms with Gasteiger partial charge in [0, 0.05) is 18.0 Å². The lowest BCUT2D eigenvalue weighted by Crippen LogP contribution is -2.13. The van der Waals surface area contributed by atoms with E-state index in [2.05, 4.69) is 15.4 Å². The summed E-state index contributed by atoms with van der Waals surface area (Å²) in [5.74, 6) is -0.376. The van der Waals surface area contributed by atoms with Gasteiger partial charge in [0.05, 0.1) is 17.6 Å². The van der Waals surface area contributed by atoms with Gasteiger partial charge in [-0.15, -0.1) is 0 Å². The summed E-state index contributed by atoms with van der Waals surface area (Å²) in [4.78, 5) is 16.0. The second-order valence-electron chi connectivity index (χ2n) is 5.25. The zero-order valence-electron chi connectivity index (χ0n) is 13.3. The molecule has 2 heterocycles. The number of nitrogens with one attached hydrogen (secondary N) is 1. The van der Waals surface area contributed by atoms with E-state index in [9.17, 15) is 18.0 Å². The summed E-state index contributed by atoms with van der Waals surface area (Å²) in [7, 11) is 0. The lowest BCUT2D eigenvalue weighted by atomic mass is 10.2. The fourth-order valence-electron chi connectivity index (χ4n) is 2.23. The molecule has 1 aromatic carbocycles. The molecule has 3 aromatic rings. The molecular weight excluding hydrogens is 345 g/mol. The smallest absolute Gasteiger partial charge is 0.323 e. The molecule has 0 unspecified atom stereocenters. The van der Waals surface area contributed by atoms with E-state index in [0.29, 0.717) is 11.4 Å². The summed E-state index contributed by atoms with van der Waals surface area (Å²) in [6, 6.07) is 12.1. The Kier molecular flexibility index (Phi) is 4.83. The number of carbonyl (C=O) groups excluding carboxylic acids is 1. The molecule has 0 aliphatic rings. The quantitative estimate of drug-likeness (QED) is 0.719. The first-order valence-corrected chi connectivity index (χ1v) is 7.55. The third kappa shape index (κ3) is 4.15. The van der Waals surface area contributed by atoms with Gasteiger partial charge in [-0.3, -0.25) is 9.78 Å². The number of anilines is 1. The minimum absolute atomic E-state index is 0.240. The van der Waals surface area contributed by atoms with E-state index in [-0.39, 0.29) is 11.6 Å². The molecule has 5 nitrogen and oxygen atoms in total. The minimum Gasteiger partial charge on any atom is -0.323 e. The number of pyridine rings is 1. The molecule has 0 saturated heterocycles. The van der Waals surface area contributed by atoms with Crippen molar-refractivity contribution in [3.63, 3.8) is 0 Å². The summed E-state index contributed by atoms with van der Waals surface area (Å²) in [5.41, 5.74) is 0.457. The number of carbonyl (C=O) groups is 1. The van der Waals surface area contributed by atoms with E-state index in [1.807, 2.05) is 0 Å². The van der Waals surface area contributed by atoms with Gasteiger partial charge in [0.15, 0.2) is 0 Å². The molecule has 26 heavy (non-hydrogen) atoms. The molecular formula is C18H13F3N4O. The highest BCUT2D eigenvalue weighted by Crippen LogP contribution is 2.30. The Bertz CT molecular complexity index is 916. The maximum atomic E-state index is 12.9. The van der Waals surface area contributed by atoms with Crippen molar-refractivity contribution in [2.45, 2.75) is 6.18 Å². The maximum absolute atomic E-state index is 12.9. The highest BCUT2D eigenvalue weighted by atomic mass is 19.4. The van der Waals surface area contributed by atoms with Crippen molar-refractivity contribution >= 4 is 17.7 Å². The SMILES string of the molecule is O=C(/C=C/c1ccccn1)Nc1ccc(-n2nccc2C(F)(F)F)cc1. The molecule has 1 amide bonds. The second kappa shape index (κ2) is 7.22. The third-order valence-corrected chi connectivity index (χ3v) is 3.41. The van der Waals surface area contributed by atoms with Crippen molar-refractivity contribution in [1.82, 2.24) is 14.8 Å². The van der Waals surface area contributed by atoms with Gasteiger partial charge in [0.2, 0.25) is 5.91 Å². The van der Waals surface area contributed by atoms with Crippen LogP contribution in [0.3, 0.4) is 0 Å². The van der Waals surface area contributed by atoms with E-state index in [0.717, 1.165) is 16.9 Å². The molecule has 0 fully saturated rings. The number of nitrogens with zero attached hydrogens (tertiary/aromatic N) is 3. The van der Waals surface area contributed by atoms with Gasteiger partial charge in [-0.25, -0.2) is 4.68 Å². The van der Waals surface area contributed by atoms with Gasteiger partial charge in [-0.2, -0.15) is 18.3 Å². The highest BCUT2D eigenvalue weighted by Gasteiger charge is 2.35. The summed E-state index contributed by atoms with van der Waals surface area (Å²) in [6.45, 7) is 0. The van der Waals surface area contributed by atoms with Crippen LogP contribution in [-0.4, -0.2) is 20.7 Å². The number of aromatic nitrogens is 3. The summed E-state index contributed by atoms with van der Waals surface area (Å²) in [6.07, 6.45) is 1.08. The van der Waals surface area contributed by atoms with Crippen LogP contribution >= 0.6 is 0 Å². The number of hydrogen-bond acceptors (Lipinski definition) is 3. The van der Waals surface area contributed by atoms with Crippen molar-refractivity contribution in [1.29, 1.82) is 0 Å². The first kappa shape index (κ1) is 17.4. The molecule has 0 aliphatic heterocycles. The van der Waals surface area contributed by atoms with Gasteiger partial charge in [0.1, 0.15) is 5.69 Å². The van der Waals surface area contributed by atoms with Crippen LogP contribution in [0.15, 0.2) is 67.0 Å². The largest absolute Gasteiger partial charge is 0.433 e. The molecule has 0 bridgehead atoms. The van der Waals surface area contributed by atoms with Crippen molar-refractivity contribution in [3.8, 4) is 5.69 Å². The molecule has 1 N–H and O–H groups in total. The standard InChI is InChI=1S/C18H13F3N4O/c19-18(20,21)16-10-12-23-25(16)15-7-4-14(5-8-15)24-17(26)9-6-13-3-1-2-11-22-13/h1-12H,(H,24,26)/b9-6+. The van der Waals surface area contributed by atoms with Crippen LogP contribution in [0.5, 0.6) is 0 Å². The third-order valence-electron chi connectivity index (χ3n) is 3.41. The van der Waals surface area contributed by atoms with Crippen LogP contribution in [0.4, 0.5) is 18.9 Å². The average Bonchev–Trinajstić information content (AvgIpc) is 3.12. The van der Waals surface area contributed by atoms with Crippen molar-refractivity contribution in [2.24, 2.45) is 0 Å². The highest BCUT2D eigenvalue weighted by molar-refractivity contribution is 6.01. The van der Waals surface area contributed by atoms with Crippen LogP contribution in [0.2, 0.25) is 0 Å². The Morgan fingerprint density at radius 2 is 1.81 bits per heavy atom. The van der Waals surface area contributed by atoms with E-state index in [1.165, 1.54) is 30.3 Å². The molecule has 0 aliphatic carbocycles. The van der Waals surface area contributed by atoms with Crippen LogP contribution < -0.4 is 5.32 Å². The Labute approximate surface area is 146 Å². The number of alkyl halides is 3. The fourth-order valence-corrected chi connectivity index (χ4v) is 2.23. The molecule has 8 heteroatoms. The Morgan fingerprint density at radius 3 is 2.46 bits per heavy atom.